The predicted molar refractivity (Wildman–Crippen MR) is 102 cm³/mol. The van der Waals surface area contributed by atoms with Gasteiger partial charge < -0.3 is 9.32 Å². The summed E-state index contributed by atoms with van der Waals surface area (Å²) in [4.78, 5) is 7.53. The summed E-state index contributed by atoms with van der Waals surface area (Å²) < 4.78 is 18.9. The van der Waals surface area contributed by atoms with Crippen molar-refractivity contribution in [1.29, 1.82) is 0 Å². The lowest BCUT2D eigenvalue weighted by Gasteiger charge is -2.43. The smallest absolute Gasteiger partial charge is 0.123 e. The monoisotopic (exact) mass is 357 g/mol. The Kier molecular flexibility index (Phi) is 5.27. The molecule has 0 aliphatic carbocycles. The Hall–Kier alpha value is -1.85. The van der Waals surface area contributed by atoms with Gasteiger partial charge in [0.15, 0.2) is 0 Å². The molecule has 1 aromatic carbocycles. The van der Waals surface area contributed by atoms with Gasteiger partial charge in [0, 0.05) is 44.5 Å². The minimum atomic E-state index is -0.165. The highest BCUT2D eigenvalue weighted by Gasteiger charge is 2.28. The van der Waals surface area contributed by atoms with E-state index in [9.17, 15) is 4.39 Å². The molecular weight excluding hydrogens is 329 g/mol. The van der Waals surface area contributed by atoms with Crippen LogP contribution in [0.3, 0.4) is 0 Å². The molecule has 1 atom stereocenters. The van der Waals surface area contributed by atoms with Crippen LogP contribution in [0.15, 0.2) is 40.8 Å². The third kappa shape index (κ3) is 4.10. The lowest BCUT2D eigenvalue weighted by molar-refractivity contribution is 0.0848. The van der Waals surface area contributed by atoms with Crippen LogP contribution >= 0.6 is 0 Å². The van der Waals surface area contributed by atoms with Gasteiger partial charge in [0.1, 0.15) is 17.3 Å². The van der Waals surface area contributed by atoms with E-state index >= 15 is 0 Å². The molecule has 1 aromatic heterocycles. The zero-order valence-electron chi connectivity index (χ0n) is 15.5. The van der Waals surface area contributed by atoms with Gasteiger partial charge in [0.25, 0.3) is 0 Å². The zero-order chi connectivity index (χ0) is 17.9. The third-order valence-electron chi connectivity index (χ3n) is 5.68. The highest BCUT2D eigenvalue weighted by atomic mass is 19.1. The van der Waals surface area contributed by atoms with Gasteiger partial charge in [-0.05, 0) is 62.7 Å². The normalized spacial score (nSPS) is 22.7. The topological polar surface area (TPSA) is 22.9 Å². The number of anilines is 1. The zero-order valence-corrected chi connectivity index (χ0v) is 15.5. The molecule has 0 radical (unpaired) electrons. The molecule has 0 bridgehead atoms. The molecule has 0 amide bonds. The van der Waals surface area contributed by atoms with Gasteiger partial charge >= 0.3 is 0 Å². The van der Waals surface area contributed by atoms with Crippen LogP contribution in [0.4, 0.5) is 10.1 Å². The highest BCUT2D eigenvalue weighted by molar-refractivity contribution is 5.46. The van der Waals surface area contributed by atoms with E-state index in [2.05, 4.69) is 20.8 Å². The standard InChI is InChI=1S/C21H28FN3O/c1-17-4-9-21(26-17)16-23-10-2-3-20(15-23)25-13-11-24(12-14-25)19-7-5-18(22)6-8-19/h4-9,20H,2-3,10-16H2,1H3/t20-/m1/s1. The molecule has 0 unspecified atom stereocenters. The molecular formula is C21H28FN3O. The van der Waals surface area contributed by atoms with E-state index in [0.29, 0.717) is 6.04 Å². The fourth-order valence-corrected chi connectivity index (χ4v) is 4.26. The van der Waals surface area contributed by atoms with Gasteiger partial charge in [0.05, 0.1) is 6.54 Å². The molecule has 140 valence electrons. The summed E-state index contributed by atoms with van der Waals surface area (Å²) in [6, 6.07) is 11.7. The number of benzene rings is 1. The number of aryl methyl sites for hydroxylation is 1. The van der Waals surface area contributed by atoms with Gasteiger partial charge in [-0.25, -0.2) is 4.39 Å². The molecule has 2 fully saturated rings. The second-order valence-corrected chi connectivity index (χ2v) is 7.54. The van der Waals surface area contributed by atoms with Crippen molar-refractivity contribution in [2.75, 3.05) is 44.2 Å². The van der Waals surface area contributed by atoms with E-state index in [1.165, 1.54) is 12.8 Å². The van der Waals surface area contributed by atoms with E-state index in [1.807, 2.05) is 25.1 Å². The Morgan fingerprint density at radius 1 is 1.00 bits per heavy atom. The average molecular weight is 357 g/mol. The molecule has 2 aliphatic heterocycles. The van der Waals surface area contributed by atoms with Gasteiger partial charge in [0.2, 0.25) is 0 Å². The lowest BCUT2D eigenvalue weighted by Crippen LogP contribution is -2.55. The van der Waals surface area contributed by atoms with Crippen LogP contribution in [0.1, 0.15) is 24.4 Å². The first-order valence-corrected chi connectivity index (χ1v) is 9.69. The van der Waals surface area contributed by atoms with E-state index in [-0.39, 0.29) is 5.82 Å². The molecule has 2 saturated heterocycles. The fraction of sp³-hybridized carbons (Fsp3) is 0.524. The summed E-state index contributed by atoms with van der Waals surface area (Å²) in [7, 11) is 0. The summed E-state index contributed by atoms with van der Waals surface area (Å²) in [5, 5.41) is 0. The van der Waals surface area contributed by atoms with Gasteiger partial charge in [-0.3, -0.25) is 9.80 Å². The molecule has 4 rings (SSSR count). The number of hydrogen-bond acceptors (Lipinski definition) is 4. The minimum Gasteiger partial charge on any atom is -0.465 e. The Balaban J connectivity index is 1.30. The van der Waals surface area contributed by atoms with Crippen molar-refractivity contribution in [3.05, 3.63) is 53.7 Å². The van der Waals surface area contributed by atoms with Crippen LogP contribution in [-0.2, 0) is 6.54 Å². The largest absolute Gasteiger partial charge is 0.465 e. The molecule has 26 heavy (non-hydrogen) atoms. The number of piperazine rings is 1. The summed E-state index contributed by atoms with van der Waals surface area (Å²) in [6.45, 7) is 9.38. The first-order chi connectivity index (χ1) is 12.7. The number of piperidine rings is 1. The maximum Gasteiger partial charge on any atom is 0.123 e. The van der Waals surface area contributed by atoms with Crippen molar-refractivity contribution in [2.24, 2.45) is 0 Å². The lowest BCUT2D eigenvalue weighted by atomic mass is 10.0. The van der Waals surface area contributed by atoms with Crippen LogP contribution in [0.5, 0.6) is 0 Å². The fourth-order valence-electron chi connectivity index (χ4n) is 4.26. The Labute approximate surface area is 155 Å². The number of furan rings is 1. The molecule has 0 spiro atoms. The van der Waals surface area contributed by atoms with Crippen LogP contribution in [0.2, 0.25) is 0 Å². The Morgan fingerprint density at radius 2 is 1.77 bits per heavy atom. The van der Waals surface area contributed by atoms with Crippen molar-refractivity contribution < 1.29 is 8.81 Å². The first kappa shape index (κ1) is 17.6. The predicted octanol–water partition coefficient (Wildman–Crippen LogP) is 3.51. The minimum absolute atomic E-state index is 0.165. The molecule has 5 heteroatoms. The third-order valence-corrected chi connectivity index (χ3v) is 5.68. The van der Waals surface area contributed by atoms with E-state index < -0.39 is 0 Å². The maximum absolute atomic E-state index is 13.1. The van der Waals surface area contributed by atoms with Crippen LogP contribution in [-0.4, -0.2) is 55.1 Å². The van der Waals surface area contributed by atoms with E-state index in [0.717, 1.165) is 63.0 Å². The van der Waals surface area contributed by atoms with Gasteiger partial charge in [-0.15, -0.1) is 0 Å². The Bertz CT molecular complexity index is 706. The van der Waals surface area contributed by atoms with Gasteiger partial charge in [-0.2, -0.15) is 0 Å². The van der Waals surface area contributed by atoms with Gasteiger partial charge in [-0.1, -0.05) is 0 Å². The SMILES string of the molecule is Cc1ccc(CN2CCC[C@@H](N3CCN(c4ccc(F)cc4)CC3)C2)o1. The summed E-state index contributed by atoms with van der Waals surface area (Å²) in [5.74, 6) is 1.90. The molecule has 0 saturated carbocycles. The van der Waals surface area contributed by atoms with Crippen LogP contribution in [0, 0.1) is 12.7 Å². The second kappa shape index (κ2) is 7.80. The second-order valence-electron chi connectivity index (χ2n) is 7.54. The average Bonchev–Trinajstić information content (AvgIpc) is 3.07. The number of likely N-dealkylation sites (tertiary alicyclic amines) is 1. The Morgan fingerprint density at radius 3 is 2.46 bits per heavy atom. The quantitative estimate of drug-likeness (QED) is 0.835. The van der Waals surface area contributed by atoms with E-state index in [1.54, 1.807) is 12.1 Å². The summed E-state index contributed by atoms with van der Waals surface area (Å²) in [6.07, 6.45) is 2.53. The molecule has 4 nitrogen and oxygen atoms in total. The summed E-state index contributed by atoms with van der Waals surface area (Å²) in [5.41, 5.74) is 1.13. The van der Waals surface area contributed by atoms with E-state index in [4.69, 9.17) is 4.42 Å². The van der Waals surface area contributed by atoms with Crippen molar-refractivity contribution in [3.8, 4) is 0 Å². The van der Waals surface area contributed by atoms with Crippen LogP contribution < -0.4 is 4.90 Å². The van der Waals surface area contributed by atoms with Crippen molar-refractivity contribution in [3.63, 3.8) is 0 Å². The molecule has 0 N–H and O–H groups in total. The number of nitrogens with zero attached hydrogens (tertiary/aromatic N) is 3. The highest BCUT2D eigenvalue weighted by Crippen LogP contribution is 2.22. The van der Waals surface area contributed by atoms with Crippen LogP contribution in [0.25, 0.3) is 0 Å². The molecule has 3 heterocycles. The van der Waals surface area contributed by atoms with Crippen molar-refractivity contribution in [1.82, 2.24) is 9.80 Å². The number of rotatable bonds is 4. The molecule has 2 aliphatic rings. The number of halogens is 1. The number of hydrogen-bond donors (Lipinski definition) is 0. The first-order valence-electron chi connectivity index (χ1n) is 9.69. The summed E-state index contributed by atoms with van der Waals surface area (Å²) >= 11 is 0. The van der Waals surface area contributed by atoms with Crippen molar-refractivity contribution >= 4 is 5.69 Å². The molecule has 2 aromatic rings. The maximum atomic E-state index is 13.1. The van der Waals surface area contributed by atoms with Crippen molar-refractivity contribution in [2.45, 2.75) is 32.4 Å².